The summed E-state index contributed by atoms with van der Waals surface area (Å²) in [5, 5.41) is 33.9. The maximum atomic E-state index is 13.3. The summed E-state index contributed by atoms with van der Waals surface area (Å²) in [6.45, 7) is 4.88. The predicted molar refractivity (Wildman–Crippen MR) is 163 cm³/mol. The lowest BCUT2D eigenvalue weighted by molar-refractivity contribution is -0.130. The van der Waals surface area contributed by atoms with E-state index in [0.29, 0.717) is 49.2 Å². The molecule has 12 nitrogen and oxygen atoms in total. The summed E-state index contributed by atoms with van der Waals surface area (Å²) >= 11 is 0. The van der Waals surface area contributed by atoms with Crippen molar-refractivity contribution < 1.29 is 14.4 Å². The molecule has 3 aromatic rings. The zero-order chi connectivity index (χ0) is 31.4. The number of carbonyl (C=O) groups is 3. The molecule has 2 aliphatic rings. The van der Waals surface area contributed by atoms with Crippen molar-refractivity contribution in [2.75, 3.05) is 27.2 Å². The van der Waals surface area contributed by atoms with Crippen molar-refractivity contribution in [3.05, 3.63) is 75.6 Å². The van der Waals surface area contributed by atoms with Crippen molar-refractivity contribution in [2.24, 2.45) is 5.92 Å². The van der Waals surface area contributed by atoms with E-state index in [9.17, 15) is 19.6 Å². The van der Waals surface area contributed by atoms with Crippen LogP contribution in [0.2, 0.25) is 0 Å². The molecule has 0 spiro atoms. The van der Waals surface area contributed by atoms with Crippen molar-refractivity contribution in [3.63, 3.8) is 0 Å². The molecule has 0 unspecified atom stereocenters. The number of benzene rings is 2. The molecule has 0 radical (unpaired) electrons. The zero-order valence-corrected chi connectivity index (χ0v) is 25.6. The molecule has 1 aromatic heterocycles. The highest BCUT2D eigenvalue weighted by Crippen LogP contribution is 2.47. The quantitative estimate of drug-likeness (QED) is 0.290. The smallest absolute Gasteiger partial charge is 0.251 e. The summed E-state index contributed by atoms with van der Waals surface area (Å²) in [7, 11) is 3.21. The Bertz CT molecular complexity index is 1510. The third-order valence-electron chi connectivity index (χ3n) is 9.09. The molecule has 2 heterocycles. The molecule has 1 fully saturated rings. The number of aromatic nitrogens is 4. The highest BCUT2D eigenvalue weighted by atomic mass is 16.2. The van der Waals surface area contributed by atoms with E-state index in [0.717, 1.165) is 28.7 Å². The van der Waals surface area contributed by atoms with Crippen LogP contribution in [0.25, 0.3) is 0 Å². The Hall–Kier alpha value is -4.63. The van der Waals surface area contributed by atoms with Crippen molar-refractivity contribution in [3.8, 4) is 6.07 Å². The molecule has 1 aliphatic carbocycles. The van der Waals surface area contributed by atoms with Gasteiger partial charge in [-0.25, -0.2) is 5.10 Å². The normalized spacial score (nSPS) is 17.6. The van der Waals surface area contributed by atoms with Gasteiger partial charge in [0.25, 0.3) is 11.8 Å². The van der Waals surface area contributed by atoms with E-state index >= 15 is 0 Å². The average molecular weight is 598 g/mol. The molecule has 230 valence electrons. The van der Waals surface area contributed by atoms with Gasteiger partial charge in [-0.1, -0.05) is 26.0 Å². The Balaban J connectivity index is 1.64. The highest BCUT2D eigenvalue weighted by molar-refractivity contribution is 5.95. The number of hydrogen-bond acceptors (Lipinski definition) is 8. The fourth-order valence-electron chi connectivity index (χ4n) is 6.72. The second kappa shape index (κ2) is 12.9. The fraction of sp³-hybridized carbons (Fsp3) is 0.469. The number of nitrogens with zero attached hydrogens (tertiary/aromatic N) is 5. The summed E-state index contributed by atoms with van der Waals surface area (Å²) in [6.07, 6.45) is 3.27. The standard InChI is InChI=1S/C32H39N9O3/c1-19(2)27(36-18-28(42)41-13-5-6-24(41)17-33)16-32(31-37-39-40-38-31)25-11-9-22(29(43)34-3)14-20(25)7-8-21-15-23(30(44)35-4)10-12-26(21)32/h9-12,14-15,19,24,27,36H,5-8,13,16,18H2,1-4H3,(H,34,43)(H,35,44)(H,37,38,39,40)/t24-,27-/m0/s1. The molecule has 2 aromatic carbocycles. The van der Waals surface area contributed by atoms with Gasteiger partial charge in [-0.05, 0) is 95.0 Å². The van der Waals surface area contributed by atoms with Gasteiger partial charge in [-0.2, -0.15) is 5.26 Å². The number of aromatic amines is 1. The Morgan fingerprint density at radius 2 is 1.66 bits per heavy atom. The lowest BCUT2D eigenvalue weighted by Gasteiger charge is -2.39. The first-order chi connectivity index (χ1) is 21.2. The van der Waals surface area contributed by atoms with Crippen molar-refractivity contribution in [1.82, 2.24) is 41.5 Å². The SMILES string of the molecule is CNC(=O)c1ccc2c(c1)CCc1cc(C(=O)NC)ccc1C2(C[C@H](NCC(=O)N1CCC[C@H]1C#N)C(C)C)c1nnn[nH]1. The van der Waals surface area contributed by atoms with Gasteiger partial charge in [0, 0.05) is 37.8 Å². The molecule has 5 rings (SSSR count). The number of aryl methyl sites for hydroxylation is 2. The molecule has 44 heavy (non-hydrogen) atoms. The zero-order valence-electron chi connectivity index (χ0n) is 25.6. The van der Waals surface area contributed by atoms with Gasteiger partial charge < -0.3 is 20.9 Å². The Morgan fingerprint density at radius 3 is 2.16 bits per heavy atom. The molecule has 1 saturated heterocycles. The van der Waals surface area contributed by atoms with Gasteiger partial charge >= 0.3 is 0 Å². The van der Waals surface area contributed by atoms with Crippen LogP contribution in [0, 0.1) is 17.2 Å². The van der Waals surface area contributed by atoms with Crippen LogP contribution in [0.15, 0.2) is 36.4 Å². The summed E-state index contributed by atoms with van der Waals surface area (Å²) in [4.78, 5) is 40.2. The van der Waals surface area contributed by atoms with Gasteiger partial charge in [-0.15, -0.1) is 5.10 Å². The van der Waals surface area contributed by atoms with Gasteiger partial charge in [0.05, 0.1) is 18.0 Å². The number of likely N-dealkylation sites (tertiary alicyclic amines) is 1. The van der Waals surface area contributed by atoms with Crippen LogP contribution in [0.5, 0.6) is 0 Å². The number of rotatable bonds is 9. The van der Waals surface area contributed by atoms with E-state index < -0.39 is 11.5 Å². The summed E-state index contributed by atoms with van der Waals surface area (Å²) < 4.78 is 0. The number of fused-ring (bicyclic) bond motifs is 2. The van der Waals surface area contributed by atoms with E-state index in [-0.39, 0.29) is 36.2 Å². The summed E-state index contributed by atoms with van der Waals surface area (Å²) in [6, 6.07) is 13.1. The Labute approximate surface area is 257 Å². The first-order valence-corrected chi connectivity index (χ1v) is 15.1. The topological polar surface area (TPSA) is 169 Å². The third kappa shape index (κ3) is 5.67. The highest BCUT2D eigenvalue weighted by Gasteiger charge is 2.46. The molecule has 4 N–H and O–H groups in total. The molecule has 0 bridgehead atoms. The second-order valence-electron chi connectivity index (χ2n) is 11.9. The molecule has 1 aliphatic heterocycles. The molecular formula is C32H39N9O3. The molecular weight excluding hydrogens is 558 g/mol. The van der Waals surface area contributed by atoms with Crippen LogP contribution < -0.4 is 16.0 Å². The van der Waals surface area contributed by atoms with Crippen molar-refractivity contribution >= 4 is 17.7 Å². The van der Waals surface area contributed by atoms with Gasteiger partial charge in [0.15, 0.2) is 5.82 Å². The van der Waals surface area contributed by atoms with Crippen LogP contribution in [0.1, 0.15) is 81.9 Å². The molecule has 12 heteroatoms. The molecule has 2 atom stereocenters. The van der Waals surface area contributed by atoms with E-state index in [2.05, 4.69) is 56.5 Å². The third-order valence-corrected chi connectivity index (χ3v) is 9.09. The van der Waals surface area contributed by atoms with Crippen LogP contribution >= 0.6 is 0 Å². The summed E-state index contributed by atoms with van der Waals surface area (Å²) in [5.74, 6) is 0.182. The van der Waals surface area contributed by atoms with Gasteiger partial charge in [0.1, 0.15) is 6.04 Å². The maximum absolute atomic E-state index is 13.3. The first-order valence-electron chi connectivity index (χ1n) is 15.1. The van der Waals surface area contributed by atoms with Crippen LogP contribution in [-0.4, -0.2) is 82.5 Å². The average Bonchev–Trinajstić information content (AvgIpc) is 3.74. The fourth-order valence-corrected chi connectivity index (χ4v) is 6.72. The molecule has 3 amide bonds. The maximum Gasteiger partial charge on any atom is 0.251 e. The van der Waals surface area contributed by atoms with Crippen molar-refractivity contribution in [1.29, 1.82) is 5.26 Å². The minimum Gasteiger partial charge on any atom is -0.355 e. The number of hydrogen-bond donors (Lipinski definition) is 4. The number of carbonyl (C=O) groups excluding carboxylic acids is 3. The van der Waals surface area contributed by atoms with E-state index in [1.807, 2.05) is 36.4 Å². The lowest BCUT2D eigenvalue weighted by atomic mass is 9.66. The van der Waals surface area contributed by atoms with E-state index in [1.165, 1.54) is 0 Å². The van der Waals surface area contributed by atoms with Gasteiger partial charge in [-0.3, -0.25) is 14.4 Å². The van der Waals surface area contributed by atoms with Crippen molar-refractivity contribution in [2.45, 2.75) is 63.5 Å². The first kappa shape index (κ1) is 30.8. The number of nitrogens with one attached hydrogen (secondary N) is 4. The van der Waals surface area contributed by atoms with Crippen LogP contribution in [-0.2, 0) is 23.1 Å². The minimum atomic E-state index is -0.902. The predicted octanol–water partition coefficient (Wildman–Crippen LogP) is 1.87. The monoisotopic (exact) mass is 597 g/mol. The number of nitriles is 1. The lowest BCUT2D eigenvalue weighted by Crippen LogP contribution is -2.48. The molecule has 0 saturated carbocycles. The van der Waals surface area contributed by atoms with E-state index in [4.69, 9.17) is 0 Å². The largest absolute Gasteiger partial charge is 0.355 e. The van der Waals surface area contributed by atoms with Gasteiger partial charge in [0.2, 0.25) is 5.91 Å². The Morgan fingerprint density at radius 1 is 1.05 bits per heavy atom. The number of tetrazole rings is 1. The second-order valence-corrected chi connectivity index (χ2v) is 11.9. The van der Waals surface area contributed by atoms with Crippen LogP contribution in [0.3, 0.4) is 0 Å². The number of H-pyrrole nitrogens is 1. The number of amides is 3. The minimum absolute atomic E-state index is 0.0939. The summed E-state index contributed by atoms with van der Waals surface area (Å²) in [5.41, 5.74) is 4.07. The van der Waals surface area contributed by atoms with Crippen LogP contribution in [0.4, 0.5) is 0 Å². The Kier molecular flexibility index (Phi) is 9.06. The van der Waals surface area contributed by atoms with E-state index in [1.54, 1.807) is 19.0 Å².